The van der Waals surface area contributed by atoms with Gasteiger partial charge >= 0.3 is 23.9 Å². The summed E-state index contributed by atoms with van der Waals surface area (Å²) in [5.41, 5.74) is -5.22. The molecular weight excluding hydrogens is 760 g/mol. The Bertz CT molecular complexity index is 2290. The maximum absolute atomic E-state index is 14.0. The van der Waals surface area contributed by atoms with Gasteiger partial charge in [0.25, 0.3) is 0 Å². The van der Waals surface area contributed by atoms with Crippen LogP contribution in [0.15, 0.2) is 36.4 Å². The van der Waals surface area contributed by atoms with Crippen LogP contribution < -0.4 is 0 Å². The highest BCUT2D eigenvalue weighted by atomic mass is 16.8. The van der Waals surface area contributed by atoms with Gasteiger partial charge in [-0.2, -0.15) is 0 Å². The molecule has 4 aromatic carbocycles. The highest BCUT2D eigenvalue weighted by Crippen LogP contribution is 2.53. The molecule has 5 atom stereocenters. The Morgan fingerprint density at radius 1 is 0.518 bits per heavy atom. The Morgan fingerprint density at radius 2 is 0.893 bits per heavy atom. The van der Waals surface area contributed by atoms with Crippen molar-refractivity contribution in [1.82, 2.24) is 0 Å². The Morgan fingerprint density at radius 3 is 1.30 bits per heavy atom. The summed E-state index contributed by atoms with van der Waals surface area (Å²) < 4.78 is 32.8. The Hall–Kier alpha value is -7.72. The van der Waals surface area contributed by atoms with Gasteiger partial charge in [-0.25, -0.2) is 19.2 Å². The first-order chi connectivity index (χ1) is 26.3. The first-order valence-electron chi connectivity index (χ1n) is 15.4. The fourth-order valence-electron chi connectivity index (χ4n) is 5.75. The summed E-state index contributed by atoms with van der Waals surface area (Å²) in [4.78, 5) is 54.8. The van der Waals surface area contributed by atoms with E-state index in [1.165, 1.54) is 0 Å². The molecule has 4 aromatic rings. The van der Waals surface area contributed by atoms with Crippen LogP contribution in [0.3, 0.4) is 0 Å². The molecule has 22 heteroatoms. The molecule has 2 aliphatic rings. The third-order valence-corrected chi connectivity index (χ3v) is 8.45. The third kappa shape index (κ3) is 6.35. The fraction of sp³-hybridized carbons (Fsp3) is 0.176. The lowest BCUT2D eigenvalue weighted by Gasteiger charge is -2.43. The average Bonchev–Trinajstić information content (AvgIpc) is 3.15. The number of phenols is 12. The van der Waals surface area contributed by atoms with E-state index in [1.54, 1.807) is 0 Å². The SMILES string of the molecule is CO[C@@H]1OC2OC(=O)c3cc(O)c(O)c(O)c3-c3c(cc(O)c(O)c3O)C(=O)O[C@H]2[C@H](OC(=O)c2cc(O)c(O)c(O)c2)C1OC(=O)c1cc(O)c(O)c(O)c1. The van der Waals surface area contributed by atoms with E-state index in [4.69, 9.17) is 28.4 Å². The molecule has 2 heterocycles. The first-order valence-corrected chi connectivity index (χ1v) is 15.4. The van der Waals surface area contributed by atoms with Crippen LogP contribution in [0.1, 0.15) is 41.4 Å². The number of methoxy groups -OCH3 is 1. The minimum absolute atomic E-state index is 0.480. The topological polar surface area (TPSA) is 366 Å². The normalized spacial score (nSPS) is 20.3. The number of hydrogen-bond acceptors (Lipinski definition) is 22. The van der Waals surface area contributed by atoms with Gasteiger partial charge in [0, 0.05) is 18.2 Å². The van der Waals surface area contributed by atoms with Crippen molar-refractivity contribution in [3.8, 4) is 80.1 Å². The number of hydrogen-bond donors (Lipinski definition) is 12. The second-order valence-electron chi connectivity index (χ2n) is 11.9. The molecule has 1 fully saturated rings. The van der Waals surface area contributed by atoms with E-state index < -0.39 is 157 Å². The second-order valence-corrected chi connectivity index (χ2v) is 11.9. The maximum Gasteiger partial charge on any atom is 0.341 e. The molecule has 2 unspecified atom stereocenters. The molecular formula is C34H26O22. The molecule has 2 aliphatic heterocycles. The predicted octanol–water partition coefficient (Wildman–Crippen LogP) is 1.30. The number of ether oxygens (including phenoxy) is 6. The molecule has 22 nitrogen and oxygen atoms in total. The van der Waals surface area contributed by atoms with Gasteiger partial charge in [0.1, 0.15) is 0 Å². The largest absolute Gasteiger partial charge is 0.504 e. The van der Waals surface area contributed by atoms with Gasteiger partial charge in [-0.05, 0) is 36.4 Å². The number of rotatable bonds is 5. The van der Waals surface area contributed by atoms with Gasteiger partial charge in [-0.3, -0.25) is 0 Å². The van der Waals surface area contributed by atoms with Crippen LogP contribution in [-0.2, 0) is 28.4 Å². The highest BCUT2D eigenvalue weighted by Gasteiger charge is 2.55. The molecule has 56 heavy (non-hydrogen) atoms. The molecule has 294 valence electrons. The summed E-state index contributed by atoms with van der Waals surface area (Å²) in [6.45, 7) is 0. The van der Waals surface area contributed by atoms with Crippen molar-refractivity contribution in [2.24, 2.45) is 0 Å². The molecule has 0 aliphatic carbocycles. The van der Waals surface area contributed by atoms with Crippen molar-refractivity contribution in [1.29, 1.82) is 0 Å². The van der Waals surface area contributed by atoms with Crippen molar-refractivity contribution in [3.63, 3.8) is 0 Å². The van der Waals surface area contributed by atoms with E-state index in [0.29, 0.717) is 36.4 Å². The van der Waals surface area contributed by atoms with E-state index in [2.05, 4.69) is 0 Å². The monoisotopic (exact) mass is 786 g/mol. The summed E-state index contributed by atoms with van der Waals surface area (Å²) in [5.74, 6) is -20.1. The molecule has 1 saturated heterocycles. The molecule has 0 saturated carbocycles. The zero-order chi connectivity index (χ0) is 41.1. The summed E-state index contributed by atoms with van der Waals surface area (Å²) in [7, 11) is 0.940. The van der Waals surface area contributed by atoms with Gasteiger partial charge in [-0.15, -0.1) is 0 Å². The number of carbonyl (C=O) groups excluding carboxylic acids is 4. The van der Waals surface area contributed by atoms with Crippen molar-refractivity contribution >= 4 is 23.9 Å². The molecule has 0 spiro atoms. The van der Waals surface area contributed by atoms with Gasteiger partial charge in [0.05, 0.1) is 22.3 Å². The molecule has 0 aromatic heterocycles. The lowest BCUT2D eigenvalue weighted by atomic mass is 9.91. The lowest BCUT2D eigenvalue weighted by molar-refractivity contribution is -0.330. The summed E-state index contributed by atoms with van der Waals surface area (Å²) in [6.07, 6.45) is -11.0. The van der Waals surface area contributed by atoms with Crippen LogP contribution >= 0.6 is 0 Å². The molecule has 12 N–H and O–H groups in total. The van der Waals surface area contributed by atoms with Crippen LogP contribution in [0.25, 0.3) is 11.1 Å². The van der Waals surface area contributed by atoms with Crippen molar-refractivity contribution in [3.05, 3.63) is 58.7 Å². The van der Waals surface area contributed by atoms with E-state index in [1.807, 2.05) is 0 Å². The lowest BCUT2D eigenvalue weighted by Crippen LogP contribution is -2.62. The van der Waals surface area contributed by atoms with Crippen molar-refractivity contribution in [2.75, 3.05) is 7.11 Å². The van der Waals surface area contributed by atoms with Gasteiger partial charge < -0.3 is 89.7 Å². The quantitative estimate of drug-likeness (QED) is 0.0770. The Labute approximate surface area is 309 Å². The number of phenolic OH excluding ortho intramolecular Hbond substituents is 12. The maximum atomic E-state index is 14.0. The minimum atomic E-state index is -2.33. The first kappa shape index (κ1) is 38.0. The van der Waals surface area contributed by atoms with E-state index in [9.17, 15) is 80.5 Å². The Kier molecular flexibility index (Phi) is 9.45. The number of esters is 4. The van der Waals surface area contributed by atoms with Gasteiger partial charge in [0.2, 0.25) is 30.2 Å². The van der Waals surface area contributed by atoms with Crippen molar-refractivity contribution in [2.45, 2.75) is 30.9 Å². The summed E-state index contributed by atoms with van der Waals surface area (Å²) >= 11 is 0. The van der Waals surface area contributed by atoms with Crippen LogP contribution in [-0.4, -0.2) is 123 Å². The van der Waals surface area contributed by atoms with Crippen LogP contribution in [0, 0.1) is 0 Å². The zero-order valence-corrected chi connectivity index (χ0v) is 27.8. The average molecular weight is 787 g/mol. The van der Waals surface area contributed by atoms with Crippen LogP contribution in [0.2, 0.25) is 0 Å². The standard InChI is InChI=1S/C34H26O22/c1-51-33-27(53-30(48)9-4-14(37)21(42)15(38)5-9)26(52-29(47)8-2-12(35)20(41)13(36)3-8)28-34(56-33)55-32(50)11-7-17(40)23(44)25(46)19(11)18-10(31(49)54-28)6-16(39)22(43)24(18)45/h2-7,26-28,33-46H,1H3/t26-,27?,28+,33-,34?/m1/s1. The molecule has 6 rings (SSSR count). The minimum Gasteiger partial charge on any atom is -0.504 e. The molecule has 0 radical (unpaired) electrons. The van der Waals surface area contributed by atoms with E-state index in [0.717, 1.165) is 7.11 Å². The summed E-state index contributed by atoms with van der Waals surface area (Å²) in [6, 6.07) is 3.51. The van der Waals surface area contributed by atoms with Gasteiger partial charge in [0.15, 0.2) is 69.7 Å². The predicted molar refractivity (Wildman–Crippen MR) is 173 cm³/mol. The van der Waals surface area contributed by atoms with E-state index in [-0.39, 0.29) is 0 Å². The van der Waals surface area contributed by atoms with Gasteiger partial charge in [-0.1, -0.05) is 0 Å². The number of benzene rings is 4. The Balaban J connectivity index is 1.54. The smallest absolute Gasteiger partial charge is 0.341 e. The fourth-order valence-corrected chi connectivity index (χ4v) is 5.75. The second kappa shape index (κ2) is 13.9. The zero-order valence-electron chi connectivity index (χ0n) is 27.8. The highest BCUT2D eigenvalue weighted by molar-refractivity contribution is 6.08. The number of fused-ring (bicyclic) bond motifs is 4. The number of aromatic hydroxyl groups is 12. The summed E-state index contributed by atoms with van der Waals surface area (Å²) in [5, 5.41) is 123. The van der Waals surface area contributed by atoms with Crippen molar-refractivity contribution < 1.29 is 109 Å². The van der Waals surface area contributed by atoms with Crippen LogP contribution in [0.4, 0.5) is 0 Å². The third-order valence-electron chi connectivity index (χ3n) is 8.45. The molecule has 0 amide bonds. The van der Waals surface area contributed by atoms with E-state index >= 15 is 0 Å². The molecule has 0 bridgehead atoms. The number of carbonyl (C=O) groups is 4. The van der Waals surface area contributed by atoms with Crippen LogP contribution in [0.5, 0.6) is 69.0 Å².